The fourth-order valence-corrected chi connectivity index (χ4v) is 3.95. The van der Waals surface area contributed by atoms with E-state index in [4.69, 9.17) is 5.26 Å². The van der Waals surface area contributed by atoms with Gasteiger partial charge in [-0.1, -0.05) is 30.3 Å². The van der Waals surface area contributed by atoms with Gasteiger partial charge in [-0.3, -0.25) is 14.3 Å². The van der Waals surface area contributed by atoms with Crippen LogP contribution >= 0.6 is 0 Å². The molecule has 3 heterocycles. The van der Waals surface area contributed by atoms with Crippen molar-refractivity contribution in [3.05, 3.63) is 87.1 Å². The van der Waals surface area contributed by atoms with Crippen molar-refractivity contribution >= 4 is 5.91 Å². The summed E-state index contributed by atoms with van der Waals surface area (Å²) in [5.74, 6) is -0.278. The largest absolute Gasteiger partial charge is 0.333 e. The van der Waals surface area contributed by atoms with Gasteiger partial charge in [0.1, 0.15) is 11.6 Å². The number of fused-ring (bicyclic) bond motifs is 1. The van der Waals surface area contributed by atoms with Crippen molar-refractivity contribution in [3.63, 3.8) is 0 Å². The summed E-state index contributed by atoms with van der Waals surface area (Å²) < 4.78 is 3.39. The van der Waals surface area contributed by atoms with Gasteiger partial charge in [0.05, 0.1) is 18.3 Å². The van der Waals surface area contributed by atoms with Crippen LogP contribution in [-0.2, 0) is 13.1 Å². The summed E-state index contributed by atoms with van der Waals surface area (Å²) in [5, 5.41) is 13.4. The van der Waals surface area contributed by atoms with Crippen LogP contribution in [0.15, 0.2) is 53.5 Å². The maximum atomic E-state index is 13.4. The number of pyridine rings is 1. The van der Waals surface area contributed by atoms with Crippen molar-refractivity contribution < 1.29 is 4.79 Å². The Labute approximate surface area is 174 Å². The number of nitrogens with zero attached hydrogens (tertiary/aromatic N) is 5. The Balaban J connectivity index is 1.69. The van der Waals surface area contributed by atoms with E-state index in [0.29, 0.717) is 37.3 Å². The number of carbonyl (C=O) groups is 1. The molecule has 3 aromatic rings. The number of hydrogen-bond donors (Lipinski definition) is 0. The molecule has 30 heavy (non-hydrogen) atoms. The zero-order chi connectivity index (χ0) is 21.3. The predicted molar refractivity (Wildman–Crippen MR) is 112 cm³/mol. The first-order valence-corrected chi connectivity index (χ1v) is 10.0. The van der Waals surface area contributed by atoms with Gasteiger partial charge >= 0.3 is 0 Å². The Bertz CT molecular complexity index is 1190. The van der Waals surface area contributed by atoms with Gasteiger partial charge < -0.3 is 9.47 Å². The summed E-state index contributed by atoms with van der Waals surface area (Å²) in [4.78, 5) is 28.4. The monoisotopic (exact) mass is 401 g/mol. The molecule has 0 fully saturated rings. The number of aryl methyl sites for hydroxylation is 2. The van der Waals surface area contributed by atoms with Gasteiger partial charge in [0, 0.05) is 19.3 Å². The SMILES string of the molecule is Cc1ccn(C(C)c2ccccc2)c(=O)c1C(=O)N1CCCn2nc(C#N)cc2C1. The number of benzene rings is 1. The number of rotatable bonds is 3. The predicted octanol–water partition coefficient (Wildman–Crippen LogP) is 2.88. The lowest BCUT2D eigenvalue weighted by Crippen LogP contribution is -2.38. The second-order valence-corrected chi connectivity index (χ2v) is 7.61. The van der Waals surface area contributed by atoms with E-state index in [0.717, 1.165) is 11.3 Å². The smallest absolute Gasteiger partial charge is 0.264 e. The lowest BCUT2D eigenvalue weighted by Gasteiger charge is -2.22. The van der Waals surface area contributed by atoms with Crippen LogP contribution in [0.2, 0.25) is 0 Å². The Morgan fingerprint density at radius 3 is 2.70 bits per heavy atom. The molecule has 0 aliphatic carbocycles. The number of carbonyl (C=O) groups excluding carboxylic acids is 1. The van der Waals surface area contributed by atoms with Crippen molar-refractivity contribution in [1.29, 1.82) is 5.26 Å². The third-order valence-electron chi connectivity index (χ3n) is 5.66. The van der Waals surface area contributed by atoms with Crippen LogP contribution in [0.5, 0.6) is 0 Å². The van der Waals surface area contributed by atoms with Crippen molar-refractivity contribution in [3.8, 4) is 6.07 Å². The maximum absolute atomic E-state index is 13.4. The number of hydrogen-bond acceptors (Lipinski definition) is 4. The lowest BCUT2D eigenvalue weighted by molar-refractivity contribution is 0.0742. The molecule has 1 unspecified atom stereocenters. The molecule has 1 amide bonds. The first kappa shape index (κ1) is 19.6. The van der Waals surface area contributed by atoms with Crippen LogP contribution < -0.4 is 5.56 Å². The molecule has 7 heteroatoms. The van der Waals surface area contributed by atoms with E-state index in [9.17, 15) is 9.59 Å². The highest BCUT2D eigenvalue weighted by Crippen LogP contribution is 2.19. The Kier molecular flexibility index (Phi) is 5.23. The van der Waals surface area contributed by atoms with Crippen LogP contribution in [0.3, 0.4) is 0 Å². The van der Waals surface area contributed by atoms with Crippen molar-refractivity contribution in [2.24, 2.45) is 0 Å². The van der Waals surface area contributed by atoms with E-state index in [1.807, 2.05) is 49.4 Å². The summed E-state index contributed by atoms with van der Waals surface area (Å²) in [6.45, 7) is 5.25. The molecule has 1 atom stereocenters. The van der Waals surface area contributed by atoms with Crippen LogP contribution in [0, 0.1) is 18.3 Å². The third kappa shape index (κ3) is 3.52. The molecule has 0 N–H and O–H groups in total. The third-order valence-corrected chi connectivity index (χ3v) is 5.66. The highest BCUT2D eigenvalue weighted by molar-refractivity contribution is 5.95. The highest BCUT2D eigenvalue weighted by Gasteiger charge is 2.26. The van der Waals surface area contributed by atoms with Crippen LogP contribution in [-0.4, -0.2) is 31.7 Å². The molecular weight excluding hydrogens is 378 g/mol. The summed E-state index contributed by atoms with van der Waals surface area (Å²) in [7, 11) is 0. The standard InChI is InChI=1S/C23H23N5O2/c1-16-9-12-27(17(2)18-7-4-3-5-8-18)23(30)21(16)22(29)26-10-6-11-28-20(15-26)13-19(14-24)25-28/h3-5,7-9,12-13,17H,6,10-11,15H2,1-2H3. The molecule has 7 nitrogen and oxygen atoms in total. The second kappa shape index (κ2) is 7.99. The Hall–Kier alpha value is -3.66. The molecule has 152 valence electrons. The quantitative estimate of drug-likeness (QED) is 0.676. The fourth-order valence-electron chi connectivity index (χ4n) is 3.95. The summed E-state index contributed by atoms with van der Waals surface area (Å²) in [6.07, 6.45) is 2.47. The topological polar surface area (TPSA) is 83.9 Å². The zero-order valence-electron chi connectivity index (χ0n) is 17.1. The molecule has 2 aromatic heterocycles. The van der Waals surface area contributed by atoms with E-state index in [1.54, 1.807) is 33.3 Å². The number of nitriles is 1. The minimum Gasteiger partial charge on any atom is -0.333 e. The highest BCUT2D eigenvalue weighted by atomic mass is 16.2. The fraction of sp³-hybridized carbons (Fsp3) is 0.304. The first-order chi connectivity index (χ1) is 14.5. The van der Waals surface area contributed by atoms with Gasteiger partial charge in [-0.05, 0) is 43.5 Å². The molecule has 0 saturated heterocycles. The van der Waals surface area contributed by atoms with Gasteiger partial charge in [0.25, 0.3) is 11.5 Å². The van der Waals surface area contributed by atoms with Crippen LogP contribution in [0.1, 0.15) is 52.3 Å². The molecule has 1 aromatic carbocycles. The molecule has 0 saturated carbocycles. The lowest BCUT2D eigenvalue weighted by atomic mass is 10.1. The minimum atomic E-state index is -0.285. The van der Waals surface area contributed by atoms with E-state index in [1.165, 1.54) is 0 Å². The van der Waals surface area contributed by atoms with E-state index in [2.05, 4.69) is 5.10 Å². The van der Waals surface area contributed by atoms with Crippen LogP contribution in [0.25, 0.3) is 0 Å². The first-order valence-electron chi connectivity index (χ1n) is 10.0. The average Bonchev–Trinajstić information content (AvgIpc) is 3.04. The zero-order valence-corrected chi connectivity index (χ0v) is 17.1. The van der Waals surface area contributed by atoms with E-state index >= 15 is 0 Å². The Morgan fingerprint density at radius 1 is 1.20 bits per heavy atom. The molecule has 0 bridgehead atoms. The normalized spacial score (nSPS) is 14.5. The van der Waals surface area contributed by atoms with Crippen molar-refractivity contribution in [2.45, 2.75) is 39.4 Å². The van der Waals surface area contributed by atoms with Crippen molar-refractivity contribution in [2.75, 3.05) is 6.54 Å². The maximum Gasteiger partial charge on any atom is 0.264 e. The second-order valence-electron chi connectivity index (χ2n) is 7.61. The minimum absolute atomic E-state index is 0.186. The molecule has 0 radical (unpaired) electrons. The summed E-state index contributed by atoms with van der Waals surface area (Å²) in [6, 6.07) is 15.1. The molecule has 4 rings (SSSR count). The molecule has 1 aliphatic heterocycles. The van der Waals surface area contributed by atoms with Crippen molar-refractivity contribution in [1.82, 2.24) is 19.2 Å². The molecule has 0 spiro atoms. The van der Waals surface area contributed by atoms with Gasteiger partial charge in [0.2, 0.25) is 0 Å². The summed E-state index contributed by atoms with van der Waals surface area (Å²) >= 11 is 0. The van der Waals surface area contributed by atoms with Gasteiger partial charge in [-0.15, -0.1) is 0 Å². The molecular formula is C23H23N5O2. The summed E-state index contributed by atoms with van der Waals surface area (Å²) in [5.41, 5.74) is 2.74. The van der Waals surface area contributed by atoms with Gasteiger partial charge in [-0.2, -0.15) is 10.4 Å². The van der Waals surface area contributed by atoms with Gasteiger partial charge in [0.15, 0.2) is 5.69 Å². The van der Waals surface area contributed by atoms with Gasteiger partial charge in [-0.25, -0.2) is 0 Å². The van der Waals surface area contributed by atoms with E-state index < -0.39 is 0 Å². The number of aromatic nitrogens is 3. The average molecular weight is 401 g/mol. The Morgan fingerprint density at radius 2 is 1.97 bits per heavy atom. The van der Waals surface area contributed by atoms with E-state index in [-0.39, 0.29) is 23.1 Å². The molecule has 1 aliphatic rings. The number of amides is 1. The van der Waals surface area contributed by atoms with Crippen LogP contribution in [0.4, 0.5) is 0 Å².